The maximum Gasteiger partial charge on any atom is 0.129 e. The molecule has 5 heteroatoms. The molecule has 2 aliphatic rings. The Kier molecular flexibility index (Phi) is 7.00. The highest BCUT2D eigenvalue weighted by molar-refractivity contribution is 6.26. The lowest BCUT2D eigenvalue weighted by Gasteiger charge is -2.36. The van der Waals surface area contributed by atoms with Crippen LogP contribution >= 0.6 is 0 Å². The van der Waals surface area contributed by atoms with Crippen molar-refractivity contribution >= 4 is 55.1 Å². The molecule has 0 bridgehead atoms. The third-order valence-electron chi connectivity index (χ3n) is 10.7. The maximum atomic E-state index is 5.29. The molecule has 4 atom stereocenters. The first kappa shape index (κ1) is 29.7. The molecule has 1 aliphatic carbocycles. The smallest absolute Gasteiger partial charge is 0.129 e. The third kappa shape index (κ3) is 4.84. The molecule has 10 rings (SSSR count). The Bertz CT molecular complexity index is 2660. The van der Waals surface area contributed by atoms with Crippen LogP contribution < -0.4 is 10.6 Å². The molecule has 6 aromatic carbocycles. The van der Waals surface area contributed by atoms with Gasteiger partial charge in [-0.3, -0.25) is 5.32 Å². The number of aliphatic imine (C=N–C) groups is 1. The lowest BCUT2D eigenvalue weighted by atomic mass is 9.87. The number of aromatic nitrogens is 2. The second kappa shape index (κ2) is 12.0. The molecule has 3 heterocycles. The Morgan fingerprint density at radius 2 is 1.20 bits per heavy atom. The molecule has 0 saturated carbocycles. The van der Waals surface area contributed by atoms with E-state index in [-0.39, 0.29) is 24.2 Å². The summed E-state index contributed by atoms with van der Waals surface area (Å²) >= 11 is 0. The van der Waals surface area contributed by atoms with Crippen LogP contribution in [0.3, 0.4) is 0 Å². The predicted octanol–water partition coefficient (Wildman–Crippen LogP) is 10.5. The SMILES string of the molecule is CC1C=C(n2c3ccccc3c3c2ccc2c4ccccc4n(-c4ccccc4)c23)C=CC1C1=NC(c2ccccc2)NC(c2ccccc2)N1. The van der Waals surface area contributed by atoms with Crippen LogP contribution in [-0.4, -0.2) is 15.0 Å². The average Bonchev–Trinajstić information content (AvgIpc) is 3.72. The number of hydrogen-bond donors (Lipinski definition) is 2. The van der Waals surface area contributed by atoms with E-state index in [2.05, 4.69) is 197 Å². The first-order valence-corrected chi connectivity index (χ1v) is 17.8. The van der Waals surface area contributed by atoms with E-state index in [1.165, 1.54) is 60.6 Å². The van der Waals surface area contributed by atoms with Gasteiger partial charge in [0.05, 0.1) is 22.1 Å². The number of rotatable bonds is 5. The quantitative estimate of drug-likeness (QED) is 0.193. The van der Waals surface area contributed by atoms with E-state index in [0.29, 0.717) is 0 Å². The van der Waals surface area contributed by atoms with E-state index in [1.54, 1.807) is 0 Å². The summed E-state index contributed by atoms with van der Waals surface area (Å²) in [5.74, 6) is 1.32. The van der Waals surface area contributed by atoms with E-state index >= 15 is 0 Å². The van der Waals surface area contributed by atoms with Crippen molar-refractivity contribution < 1.29 is 0 Å². The summed E-state index contributed by atoms with van der Waals surface area (Å²) < 4.78 is 4.90. The van der Waals surface area contributed by atoms with E-state index in [1.807, 2.05) is 0 Å². The summed E-state index contributed by atoms with van der Waals surface area (Å²) in [5.41, 5.74) is 9.57. The molecule has 2 N–H and O–H groups in total. The van der Waals surface area contributed by atoms with Gasteiger partial charge in [-0.05, 0) is 53.5 Å². The van der Waals surface area contributed by atoms with Crippen LogP contribution in [0, 0.1) is 11.8 Å². The predicted molar refractivity (Wildman–Crippen MR) is 212 cm³/mol. The zero-order valence-corrected chi connectivity index (χ0v) is 28.3. The highest BCUT2D eigenvalue weighted by Gasteiger charge is 2.31. The normalized spacial score (nSPS) is 20.5. The largest absolute Gasteiger partial charge is 0.354 e. The fourth-order valence-electron chi connectivity index (χ4n) is 8.30. The third-order valence-corrected chi connectivity index (χ3v) is 10.7. The van der Waals surface area contributed by atoms with Crippen molar-refractivity contribution in [1.29, 1.82) is 0 Å². The molecule has 5 nitrogen and oxygen atoms in total. The summed E-state index contributed by atoms with van der Waals surface area (Å²) in [6.07, 6.45) is 6.88. The van der Waals surface area contributed by atoms with Gasteiger partial charge in [0.15, 0.2) is 0 Å². The Balaban J connectivity index is 1.11. The van der Waals surface area contributed by atoms with E-state index < -0.39 is 0 Å². The molecular formula is C46H37N5. The van der Waals surface area contributed by atoms with Crippen LogP contribution in [-0.2, 0) is 0 Å². The van der Waals surface area contributed by atoms with E-state index in [9.17, 15) is 0 Å². The minimum absolute atomic E-state index is 0.0500. The average molecular weight is 660 g/mol. The second-order valence-corrected chi connectivity index (χ2v) is 13.7. The van der Waals surface area contributed by atoms with Gasteiger partial charge in [0.2, 0.25) is 0 Å². The van der Waals surface area contributed by atoms with Crippen LogP contribution in [0.1, 0.15) is 30.4 Å². The van der Waals surface area contributed by atoms with Crippen molar-refractivity contribution in [2.45, 2.75) is 19.3 Å². The van der Waals surface area contributed by atoms with Gasteiger partial charge in [-0.2, -0.15) is 0 Å². The maximum absolute atomic E-state index is 5.29. The Morgan fingerprint density at radius 1 is 0.569 bits per heavy atom. The Labute approximate surface area is 296 Å². The van der Waals surface area contributed by atoms with Gasteiger partial charge in [0.25, 0.3) is 0 Å². The summed E-state index contributed by atoms with van der Waals surface area (Å²) in [4.78, 5) is 5.29. The first-order valence-electron chi connectivity index (χ1n) is 17.8. The standard InChI is InChI=1S/C46H37N5/c1-30-29-34(25-26-35(30)46-48-44(31-15-5-2-6-16-31)47-45(49-46)32-17-7-3-8-18-32)50-40-24-14-12-22-38(40)42-41(50)28-27-37-36-21-11-13-23-39(36)51(43(37)42)33-19-9-4-10-20-33/h2-30,35,44-45,47H,1H3,(H,48,49). The Hall–Kier alpha value is -6.17. The number of hydrogen-bond acceptors (Lipinski definition) is 3. The highest BCUT2D eigenvalue weighted by atomic mass is 15.3. The van der Waals surface area contributed by atoms with Crippen molar-refractivity contribution in [1.82, 2.24) is 19.8 Å². The monoisotopic (exact) mass is 659 g/mol. The van der Waals surface area contributed by atoms with Crippen molar-refractivity contribution in [3.63, 3.8) is 0 Å². The molecule has 0 spiro atoms. The van der Waals surface area contributed by atoms with Crippen molar-refractivity contribution in [2.24, 2.45) is 16.8 Å². The fourth-order valence-corrected chi connectivity index (χ4v) is 8.30. The molecule has 0 radical (unpaired) electrons. The van der Waals surface area contributed by atoms with Crippen LogP contribution in [0.4, 0.5) is 0 Å². The molecule has 4 unspecified atom stereocenters. The van der Waals surface area contributed by atoms with Gasteiger partial charge < -0.3 is 14.5 Å². The van der Waals surface area contributed by atoms with Crippen LogP contribution in [0.15, 0.2) is 175 Å². The van der Waals surface area contributed by atoms with Gasteiger partial charge in [0.1, 0.15) is 18.2 Å². The van der Waals surface area contributed by atoms with Gasteiger partial charge in [0, 0.05) is 38.8 Å². The van der Waals surface area contributed by atoms with Gasteiger partial charge in [-0.25, -0.2) is 4.99 Å². The van der Waals surface area contributed by atoms with Gasteiger partial charge in [-0.1, -0.05) is 140 Å². The molecule has 0 amide bonds. The second-order valence-electron chi connectivity index (χ2n) is 13.7. The summed E-state index contributed by atoms with van der Waals surface area (Å²) in [5, 5.41) is 12.6. The molecule has 246 valence electrons. The summed E-state index contributed by atoms with van der Waals surface area (Å²) in [7, 11) is 0. The number of benzene rings is 6. The van der Waals surface area contributed by atoms with Crippen molar-refractivity contribution in [2.75, 3.05) is 0 Å². The molecule has 8 aromatic rings. The number of fused-ring (bicyclic) bond motifs is 7. The van der Waals surface area contributed by atoms with E-state index in [0.717, 1.165) is 11.4 Å². The number of nitrogens with zero attached hydrogens (tertiary/aromatic N) is 3. The minimum atomic E-state index is -0.144. The molecule has 0 fully saturated rings. The molecule has 0 saturated heterocycles. The van der Waals surface area contributed by atoms with Gasteiger partial charge >= 0.3 is 0 Å². The lowest BCUT2D eigenvalue weighted by molar-refractivity contribution is 0.393. The number of allylic oxidation sites excluding steroid dienone is 3. The molecular weight excluding hydrogens is 623 g/mol. The summed E-state index contributed by atoms with van der Waals surface area (Å²) in [6, 6.07) is 54.2. The topological polar surface area (TPSA) is 46.3 Å². The number of para-hydroxylation sites is 3. The van der Waals surface area contributed by atoms with E-state index in [4.69, 9.17) is 4.99 Å². The fraction of sp³-hybridized carbons (Fsp3) is 0.109. The zero-order valence-electron chi connectivity index (χ0n) is 28.3. The van der Waals surface area contributed by atoms with Crippen LogP contribution in [0.25, 0.3) is 55.0 Å². The lowest BCUT2D eigenvalue weighted by Crippen LogP contribution is -2.48. The number of nitrogens with one attached hydrogen (secondary N) is 2. The minimum Gasteiger partial charge on any atom is -0.354 e. The first-order chi connectivity index (χ1) is 25.2. The molecule has 2 aromatic heterocycles. The zero-order chi connectivity index (χ0) is 33.9. The van der Waals surface area contributed by atoms with Crippen molar-refractivity contribution in [3.8, 4) is 5.69 Å². The van der Waals surface area contributed by atoms with Crippen LogP contribution in [0.2, 0.25) is 0 Å². The van der Waals surface area contributed by atoms with Crippen molar-refractivity contribution in [3.05, 3.63) is 181 Å². The highest BCUT2D eigenvalue weighted by Crippen LogP contribution is 2.43. The van der Waals surface area contributed by atoms with Gasteiger partial charge in [-0.15, -0.1) is 0 Å². The van der Waals surface area contributed by atoms with Crippen LogP contribution in [0.5, 0.6) is 0 Å². The summed E-state index contributed by atoms with van der Waals surface area (Å²) in [6.45, 7) is 2.31. The molecule has 51 heavy (non-hydrogen) atoms. The number of amidine groups is 1. The Morgan fingerprint density at radius 3 is 1.92 bits per heavy atom. The molecule has 1 aliphatic heterocycles.